The van der Waals surface area contributed by atoms with Crippen LogP contribution in [0.1, 0.15) is 30.9 Å². The third-order valence-electron chi connectivity index (χ3n) is 3.11. The second kappa shape index (κ2) is 6.19. The van der Waals surface area contributed by atoms with E-state index in [0.29, 0.717) is 12.6 Å². The molecule has 1 fully saturated rings. The van der Waals surface area contributed by atoms with Crippen LogP contribution in [0.3, 0.4) is 0 Å². The fourth-order valence-corrected chi connectivity index (χ4v) is 2.04. The van der Waals surface area contributed by atoms with Crippen molar-refractivity contribution in [3.63, 3.8) is 0 Å². The summed E-state index contributed by atoms with van der Waals surface area (Å²) in [7, 11) is -0.244. The van der Waals surface area contributed by atoms with Crippen LogP contribution in [0.25, 0.3) is 0 Å². The number of benzene rings is 1. The van der Waals surface area contributed by atoms with Crippen LogP contribution in [0.15, 0.2) is 24.3 Å². The molecule has 3 nitrogen and oxygen atoms in total. The third-order valence-corrected chi connectivity index (χ3v) is 3.11. The molecule has 0 saturated carbocycles. The van der Waals surface area contributed by atoms with Gasteiger partial charge in [-0.2, -0.15) is 0 Å². The fourth-order valence-electron chi connectivity index (χ4n) is 2.04. The zero-order chi connectivity index (χ0) is 12.1. The van der Waals surface area contributed by atoms with Gasteiger partial charge in [-0.25, -0.2) is 0 Å². The van der Waals surface area contributed by atoms with Gasteiger partial charge in [0.05, 0.1) is 6.61 Å². The van der Waals surface area contributed by atoms with Crippen LogP contribution in [0.2, 0.25) is 0 Å². The Morgan fingerprint density at radius 2 is 2.29 bits per heavy atom. The van der Waals surface area contributed by atoms with Gasteiger partial charge in [-0.1, -0.05) is 37.6 Å². The van der Waals surface area contributed by atoms with Gasteiger partial charge in [0.25, 0.3) is 0 Å². The van der Waals surface area contributed by atoms with Crippen LogP contribution in [-0.2, 0) is 15.9 Å². The molecule has 17 heavy (non-hydrogen) atoms. The van der Waals surface area contributed by atoms with Crippen LogP contribution < -0.4 is 5.23 Å². The lowest BCUT2D eigenvalue weighted by Gasteiger charge is -2.10. The summed E-state index contributed by atoms with van der Waals surface area (Å²) < 4.78 is 11.3. The predicted molar refractivity (Wildman–Crippen MR) is 69.5 cm³/mol. The second-order valence-corrected chi connectivity index (χ2v) is 4.56. The van der Waals surface area contributed by atoms with Crippen molar-refractivity contribution in [3.05, 3.63) is 35.4 Å². The zero-order valence-electron chi connectivity index (χ0n) is 10.6. The maximum Gasteiger partial charge on any atom is 0.555 e. The van der Waals surface area contributed by atoms with E-state index in [1.165, 1.54) is 17.5 Å². The second-order valence-electron chi connectivity index (χ2n) is 4.56. The molecule has 2 rings (SSSR count). The molecule has 1 heterocycles. The van der Waals surface area contributed by atoms with E-state index in [2.05, 4.69) is 31.2 Å². The molecule has 4 heteroatoms. The first-order valence-electron chi connectivity index (χ1n) is 6.33. The number of hydrogen-bond donors (Lipinski definition) is 1. The highest BCUT2D eigenvalue weighted by atomic mass is 16.6. The Morgan fingerprint density at radius 3 is 3.06 bits per heavy atom. The van der Waals surface area contributed by atoms with Crippen molar-refractivity contribution >= 4 is 7.25 Å². The van der Waals surface area contributed by atoms with Crippen molar-refractivity contribution in [2.75, 3.05) is 6.61 Å². The van der Waals surface area contributed by atoms with Gasteiger partial charge in [0.15, 0.2) is 0 Å². The smallest absolute Gasteiger partial charge is 0.396 e. The van der Waals surface area contributed by atoms with Gasteiger partial charge in [0.1, 0.15) is 0 Å². The van der Waals surface area contributed by atoms with Crippen LogP contribution in [0.5, 0.6) is 0 Å². The van der Waals surface area contributed by atoms with Crippen LogP contribution in [0.4, 0.5) is 0 Å². The number of nitrogens with one attached hydrogen (secondary N) is 1. The highest BCUT2D eigenvalue weighted by Crippen LogP contribution is 2.11. The van der Waals surface area contributed by atoms with Crippen molar-refractivity contribution in [1.29, 1.82) is 0 Å². The summed E-state index contributed by atoms with van der Waals surface area (Å²) in [6.07, 6.45) is 2.32. The van der Waals surface area contributed by atoms with Crippen molar-refractivity contribution in [2.24, 2.45) is 0 Å². The molecule has 1 aliphatic rings. The minimum atomic E-state index is -0.244. The zero-order valence-corrected chi connectivity index (χ0v) is 10.6. The molecule has 1 aromatic rings. The first kappa shape index (κ1) is 12.6. The van der Waals surface area contributed by atoms with Crippen LogP contribution in [-0.4, -0.2) is 19.9 Å². The average molecular weight is 233 g/mol. The average Bonchev–Trinajstić information content (AvgIpc) is 2.76. The predicted octanol–water partition coefficient (Wildman–Crippen LogP) is 2.29. The fraction of sp³-hybridized carbons (Fsp3) is 0.538. The van der Waals surface area contributed by atoms with Gasteiger partial charge in [0.2, 0.25) is 0 Å². The summed E-state index contributed by atoms with van der Waals surface area (Å²) in [5.41, 5.74) is 2.48. The molecule has 1 aliphatic heterocycles. The minimum absolute atomic E-state index is 0.244. The first-order valence-corrected chi connectivity index (χ1v) is 6.33. The largest absolute Gasteiger partial charge is 0.555 e. The molecule has 0 bridgehead atoms. The van der Waals surface area contributed by atoms with Gasteiger partial charge >= 0.3 is 7.25 Å². The van der Waals surface area contributed by atoms with Crippen LogP contribution >= 0.6 is 0 Å². The minimum Gasteiger partial charge on any atom is -0.396 e. The normalized spacial score (nSPS) is 19.9. The van der Waals surface area contributed by atoms with E-state index in [9.17, 15) is 0 Å². The molecule has 1 atom stereocenters. The molecule has 0 aromatic heterocycles. The maximum atomic E-state index is 5.71. The maximum absolute atomic E-state index is 5.71. The van der Waals surface area contributed by atoms with E-state index in [-0.39, 0.29) is 7.25 Å². The van der Waals surface area contributed by atoms with Crippen molar-refractivity contribution in [3.8, 4) is 0 Å². The Bertz CT molecular complexity index is 359. The lowest BCUT2D eigenvalue weighted by molar-refractivity contribution is 0.211. The summed E-state index contributed by atoms with van der Waals surface area (Å²) >= 11 is 0. The standard InChI is InChI=1S/C13H20BNO2/c1-3-6-13-10-17-14(15-13)16-9-12-8-5-4-7-11(12)2/h4-5,7-8,13,15H,3,6,9-10H2,1-2H3. The molecule has 1 aromatic carbocycles. The van der Waals surface area contributed by atoms with Gasteiger partial charge in [-0.05, 0) is 24.5 Å². The topological polar surface area (TPSA) is 30.5 Å². The molecule has 0 amide bonds. The molecular weight excluding hydrogens is 213 g/mol. The van der Waals surface area contributed by atoms with E-state index in [0.717, 1.165) is 13.0 Å². The number of hydrogen-bond acceptors (Lipinski definition) is 3. The van der Waals surface area contributed by atoms with E-state index in [1.54, 1.807) is 0 Å². The molecule has 1 saturated heterocycles. The van der Waals surface area contributed by atoms with E-state index >= 15 is 0 Å². The number of aryl methyl sites for hydroxylation is 1. The molecule has 1 N–H and O–H groups in total. The van der Waals surface area contributed by atoms with Crippen molar-refractivity contribution in [2.45, 2.75) is 39.3 Å². The summed E-state index contributed by atoms with van der Waals surface area (Å²) in [5, 5.41) is 3.34. The highest BCUT2D eigenvalue weighted by molar-refractivity contribution is 6.42. The monoisotopic (exact) mass is 233 g/mol. The Morgan fingerprint density at radius 1 is 1.47 bits per heavy atom. The van der Waals surface area contributed by atoms with Gasteiger partial charge in [-0.15, -0.1) is 0 Å². The Labute approximate surface area is 104 Å². The van der Waals surface area contributed by atoms with Crippen molar-refractivity contribution in [1.82, 2.24) is 5.23 Å². The van der Waals surface area contributed by atoms with Crippen molar-refractivity contribution < 1.29 is 9.31 Å². The summed E-state index contributed by atoms with van der Waals surface area (Å²) in [6, 6.07) is 8.71. The first-order chi connectivity index (χ1) is 8.29. The molecule has 0 aliphatic carbocycles. The van der Waals surface area contributed by atoms with Gasteiger partial charge < -0.3 is 9.31 Å². The van der Waals surface area contributed by atoms with E-state index < -0.39 is 0 Å². The lowest BCUT2D eigenvalue weighted by atomic mass is 10.1. The molecular formula is C13H20BNO2. The summed E-state index contributed by atoms with van der Waals surface area (Å²) in [6.45, 7) is 5.64. The lowest BCUT2D eigenvalue weighted by Crippen LogP contribution is -2.36. The summed E-state index contributed by atoms with van der Waals surface area (Å²) in [5.74, 6) is 0. The summed E-state index contributed by atoms with van der Waals surface area (Å²) in [4.78, 5) is 0. The van der Waals surface area contributed by atoms with E-state index in [4.69, 9.17) is 9.31 Å². The SMILES string of the molecule is CCCC1COB(OCc2ccccc2C)N1. The molecule has 0 radical (unpaired) electrons. The Kier molecular flexibility index (Phi) is 4.60. The Hall–Kier alpha value is -0.835. The van der Waals surface area contributed by atoms with Gasteiger partial charge in [0, 0.05) is 12.6 Å². The Balaban J connectivity index is 1.78. The third kappa shape index (κ3) is 3.56. The van der Waals surface area contributed by atoms with Crippen LogP contribution in [0, 0.1) is 6.92 Å². The quantitative estimate of drug-likeness (QED) is 0.791. The molecule has 1 unspecified atom stereocenters. The van der Waals surface area contributed by atoms with E-state index in [1.807, 2.05) is 12.1 Å². The van der Waals surface area contributed by atoms with Gasteiger partial charge in [-0.3, -0.25) is 5.23 Å². The highest BCUT2D eigenvalue weighted by Gasteiger charge is 2.30. The molecule has 92 valence electrons. The number of rotatable bonds is 5. The molecule has 0 spiro atoms.